The van der Waals surface area contributed by atoms with E-state index >= 15 is 0 Å². The van der Waals surface area contributed by atoms with Gasteiger partial charge in [-0.15, -0.1) is 0 Å². The first kappa shape index (κ1) is 22.5. The maximum absolute atomic E-state index is 12.7. The van der Waals surface area contributed by atoms with Gasteiger partial charge in [-0.2, -0.15) is 0 Å². The summed E-state index contributed by atoms with van der Waals surface area (Å²) in [6.07, 6.45) is 2.43. The number of ether oxygens (including phenoxy) is 2. The first-order valence-electron chi connectivity index (χ1n) is 9.99. The van der Waals surface area contributed by atoms with Crippen molar-refractivity contribution in [3.8, 4) is 5.75 Å². The Balaban J connectivity index is 1.66. The predicted octanol–water partition coefficient (Wildman–Crippen LogP) is 3.43. The van der Waals surface area contributed by atoms with E-state index in [4.69, 9.17) is 21.7 Å². The zero-order valence-electron chi connectivity index (χ0n) is 17.5. The summed E-state index contributed by atoms with van der Waals surface area (Å²) in [5.41, 5.74) is 2.31. The smallest absolute Gasteiger partial charge is 0.276 e. The summed E-state index contributed by atoms with van der Waals surface area (Å²) in [6, 6.07) is 14.1. The van der Waals surface area contributed by atoms with Crippen molar-refractivity contribution >= 4 is 40.9 Å². The topological polar surface area (TPSA) is 79.9 Å². The fourth-order valence-electron chi connectivity index (χ4n) is 3.06. The summed E-state index contributed by atoms with van der Waals surface area (Å²) in [6.45, 7) is 3.66. The molecular weight excluding hydrogens is 414 g/mol. The summed E-state index contributed by atoms with van der Waals surface area (Å²) >= 11 is 5.29. The van der Waals surface area contributed by atoms with E-state index < -0.39 is 0 Å². The average Bonchev–Trinajstić information content (AvgIpc) is 3.04. The van der Waals surface area contributed by atoms with Gasteiger partial charge in [0.25, 0.3) is 11.8 Å². The molecule has 162 valence electrons. The number of thiocarbonyl (C=S) groups is 1. The molecule has 0 spiro atoms. The van der Waals surface area contributed by atoms with E-state index in [9.17, 15) is 9.59 Å². The largest absolute Gasteiger partial charge is 0.497 e. The van der Waals surface area contributed by atoms with Gasteiger partial charge in [0.05, 0.1) is 7.11 Å². The highest BCUT2D eigenvalue weighted by molar-refractivity contribution is 7.80. The Morgan fingerprint density at radius 1 is 1.23 bits per heavy atom. The molecule has 2 N–H and O–H groups in total. The van der Waals surface area contributed by atoms with Crippen LogP contribution in [0.3, 0.4) is 0 Å². The van der Waals surface area contributed by atoms with E-state index in [1.807, 2.05) is 19.1 Å². The van der Waals surface area contributed by atoms with Crippen LogP contribution < -0.4 is 15.4 Å². The Morgan fingerprint density at radius 3 is 2.71 bits per heavy atom. The van der Waals surface area contributed by atoms with Crippen molar-refractivity contribution in [1.82, 2.24) is 10.2 Å². The van der Waals surface area contributed by atoms with Crippen LogP contribution in [0.5, 0.6) is 5.75 Å². The van der Waals surface area contributed by atoms with E-state index in [1.165, 1.54) is 4.90 Å². The van der Waals surface area contributed by atoms with Gasteiger partial charge in [-0.3, -0.25) is 14.5 Å². The number of hydrogen-bond acceptors (Lipinski definition) is 5. The van der Waals surface area contributed by atoms with Crippen LogP contribution in [0.2, 0.25) is 0 Å². The normalized spacial score (nSPS) is 14.6. The van der Waals surface area contributed by atoms with Gasteiger partial charge in [-0.05, 0) is 73.6 Å². The highest BCUT2D eigenvalue weighted by atomic mass is 32.1. The molecule has 1 aliphatic rings. The molecule has 0 atom stereocenters. The molecule has 0 bridgehead atoms. The Labute approximate surface area is 187 Å². The van der Waals surface area contributed by atoms with Gasteiger partial charge in [0, 0.05) is 31.0 Å². The van der Waals surface area contributed by atoms with Gasteiger partial charge in [0.2, 0.25) is 0 Å². The van der Waals surface area contributed by atoms with E-state index in [2.05, 4.69) is 10.6 Å². The molecule has 0 saturated carbocycles. The van der Waals surface area contributed by atoms with Crippen molar-refractivity contribution in [2.75, 3.05) is 32.2 Å². The number of carbonyl (C=O) groups excluding carboxylic acids is 2. The molecule has 2 aromatic carbocycles. The van der Waals surface area contributed by atoms with Crippen molar-refractivity contribution in [2.24, 2.45) is 0 Å². The molecule has 1 saturated heterocycles. The number of hydrogen-bond donors (Lipinski definition) is 2. The molecule has 7 nitrogen and oxygen atoms in total. The minimum atomic E-state index is -0.232. The number of anilines is 1. The number of benzene rings is 2. The molecule has 0 radical (unpaired) electrons. The minimum absolute atomic E-state index is 0.172. The zero-order chi connectivity index (χ0) is 22.2. The molecular formula is C23H25N3O4S. The van der Waals surface area contributed by atoms with Gasteiger partial charge in [-0.25, -0.2) is 0 Å². The Hall–Kier alpha value is -3.23. The van der Waals surface area contributed by atoms with Crippen molar-refractivity contribution in [2.45, 2.75) is 13.3 Å². The van der Waals surface area contributed by atoms with E-state index in [-0.39, 0.29) is 11.8 Å². The van der Waals surface area contributed by atoms with Crippen LogP contribution in [0, 0.1) is 0 Å². The minimum Gasteiger partial charge on any atom is -0.497 e. The number of nitrogens with one attached hydrogen (secondary N) is 2. The molecule has 0 aliphatic carbocycles. The quantitative estimate of drug-likeness (QED) is 0.354. The molecule has 2 aromatic rings. The van der Waals surface area contributed by atoms with Crippen LogP contribution in [0.4, 0.5) is 5.69 Å². The van der Waals surface area contributed by atoms with E-state index in [1.54, 1.807) is 49.6 Å². The standard InChI is InChI=1S/C23H25N3O4S/c1-3-30-13-5-12-26-22(28)20(25-23(26)31)15-16-6-4-7-18(14-16)24-21(27)17-8-10-19(29-2)11-9-17/h4,6-11,14-15H,3,5,12-13H2,1-2H3,(H,24,27)(H,25,31). The second-order valence-corrected chi connectivity index (χ2v) is 7.19. The maximum atomic E-state index is 12.7. The van der Waals surface area contributed by atoms with Crippen LogP contribution in [-0.2, 0) is 9.53 Å². The fraction of sp³-hybridized carbons (Fsp3) is 0.261. The maximum Gasteiger partial charge on any atom is 0.276 e. The molecule has 1 fully saturated rings. The lowest BCUT2D eigenvalue weighted by Gasteiger charge is -2.13. The number of nitrogens with zero attached hydrogens (tertiary/aromatic N) is 1. The summed E-state index contributed by atoms with van der Waals surface area (Å²) in [5, 5.41) is 6.22. The fourth-order valence-corrected chi connectivity index (χ4v) is 3.35. The lowest BCUT2D eigenvalue weighted by atomic mass is 10.1. The molecule has 2 amide bonds. The first-order chi connectivity index (χ1) is 15.0. The molecule has 1 aliphatic heterocycles. The SMILES string of the molecule is CCOCCCN1C(=O)C(=Cc2cccc(NC(=O)c3ccc(OC)cc3)c2)NC1=S. The Bertz CT molecular complexity index is 989. The van der Waals surface area contributed by atoms with Gasteiger partial charge in [0.1, 0.15) is 11.4 Å². The highest BCUT2D eigenvalue weighted by Gasteiger charge is 2.29. The summed E-state index contributed by atoms with van der Waals surface area (Å²) in [5.74, 6) is 0.280. The van der Waals surface area contributed by atoms with E-state index in [0.717, 1.165) is 5.56 Å². The first-order valence-corrected chi connectivity index (χ1v) is 10.4. The van der Waals surface area contributed by atoms with Gasteiger partial charge >= 0.3 is 0 Å². The third-order valence-corrected chi connectivity index (χ3v) is 4.97. The predicted molar refractivity (Wildman–Crippen MR) is 124 cm³/mol. The molecule has 8 heteroatoms. The molecule has 3 rings (SSSR count). The van der Waals surface area contributed by atoms with Crippen LogP contribution >= 0.6 is 12.2 Å². The van der Waals surface area contributed by atoms with Gasteiger partial charge in [-0.1, -0.05) is 12.1 Å². The van der Waals surface area contributed by atoms with E-state index in [0.29, 0.717) is 54.0 Å². The number of carbonyl (C=O) groups is 2. The highest BCUT2D eigenvalue weighted by Crippen LogP contribution is 2.19. The second-order valence-electron chi connectivity index (χ2n) is 6.80. The molecule has 31 heavy (non-hydrogen) atoms. The summed E-state index contributed by atoms with van der Waals surface area (Å²) in [4.78, 5) is 26.7. The summed E-state index contributed by atoms with van der Waals surface area (Å²) < 4.78 is 10.4. The molecule has 1 heterocycles. The van der Waals surface area contributed by atoms with Gasteiger partial charge < -0.3 is 20.1 Å². The van der Waals surface area contributed by atoms with Crippen LogP contribution in [0.1, 0.15) is 29.3 Å². The van der Waals surface area contributed by atoms with Crippen molar-refractivity contribution in [3.63, 3.8) is 0 Å². The van der Waals surface area contributed by atoms with Crippen LogP contribution in [-0.4, -0.2) is 48.7 Å². The number of rotatable bonds is 9. The monoisotopic (exact) mass is 439 g/mol. The van der Waals surface area contributed by atoms with Crippen molar-refractivity contribution in [3.05, 3.63) is 65.4 Å². The molecule has 0 aromatic heterocycles. The third kappa shape index (κ3) is 5.90. The lowest BCUT2D eigenvalue weighted by molar-refractivity contribution is -0.122. The average molecular weight is 440 g/mol. The lowest BCUT2D eigenvalue weighted by Crippen LogP contribution is -2.32. The zero-order valence-corrected chi connectivity index (χ0v) is 18.3. The van der Waals surface area contributed by atoms with Gasteiger partial charge in [0.15, 0.2) is 5.11 Å². The third-order valence-electron chi connectivity index (χ3n) is 4.64. The Kier molecular flexibility index (Phi) is 7.75. The van der Waals surface area contributed by atoms with Crippen LogP contribution in [0.25, 0.3) is 6.08 Å². The van der Waals surface area contributed by atoms with Crippen molar-refractivity contribution < 1.29 is 19.1 Å². The Morgan fingerprint density at radius 2 is 2.00 bits per heavy atom. The van der Waals surface area contributed by atoms with Crippen LogP contribution in [0.15, 0.2) is 54.2 Å². The number of methoxy groups -OCH3 is 1. The second kappa shape index (κ2) is 10.7. The summed E-state index contributed by atoms with van der Waals surface area (Å²) in [7, 11) is 1.58. The number of amides is 2. The molecule has 0 unspecified atom stereocenters. The van der Waals surface area contributed by atoms with Crippen molar-refractivity contribution in [1.29, 1.82) is 0 Å².